The van der Waals surface area contributed by atoms with Gasteiger partial charge in [0.25, 0.3) is 0 Å². The van der Waals surface area contributed by atoms with Gasteiger partial charge in [0.15, 0.2) is 0 Å². The fraction of sp³-hybridized carbons (Fsp3) is 0.600. The van der Waals surface area contributed by atoms with E-state index in [4.69, 9.17) is 9.47 Å². The Hall–Kier alpha value is -0.620. The molecule has 20 heavy (non-hydrogen) atoms. The second kappa shape index (κ2) is 10.2. The van der Waals surface area contributed by atoms with E-state index in [9.17, 15) is 5.11 Å². The molecule has 0 aliphatic rings. The highest BCUT2D eigenvalue weighted by atomic mass is 79.9. The fourth-order valence-electron chi connectivity index (χ4n) is 1.81. The van der Waals surface area contributed by atoms with E-state index < -0.39 is 6.10 Å². The van der Waals surface area contributed by atoms with Crippen LogP contribution in [0.1, 0.15) is 25.3 Å². The van der Waals surface area contributed by atoms with Gasteiger partial charge >= 0.3 is 0 Å². The minimum Gasteiger partial charge on any atom is -0.493 e. The highest BCUT2D eigenvalue weighted by Gasteiger charge is 2.06. The second-order valence-electron chi connectivity index (χ2n) is 4.68. The number of nitrogens with one attached hydrogen (secondary N) is 1. The van der Waals surface area contributed by atoms with Gasteiger partial charge in [0.1, 0.15) is 5.75 Å². The Bertz CT molecular complexity index is 387. The molecule has 0 aliphatic carbocycles. The van der Waals surface area contributed by atoms with Gasteiger partial charge in [0, 0.05) is 23.7 Å². The zero-order valence-corrected chi connectivity index (χ0v) is 13.8. The summed E-state index contributed by atoms with van der Waals surface area (Å²) in [7, 11) is 1.59. The lowest BCUT2D eigenvalue weighted by Gasteiger charge is -2.13. The van der Waals surface area contributed by atoms with Crippen molar-refractivity contribution in [1.29, 1.82) is 0 Å². The highest BCUT2D eigenvalue weighted by molar-refractivity contribution is 9.10. The minimum atomic E-state index is -0.411. The molecule has 0 saturated heterocycles. The summed E-state index contributed by atoms with van der Waals surface area (Å²) in [5, 5.41) is 12.9. The van der Waals surface area contributed by atoms with Gasteiger partial charge in [-0.25, -0.2) is 0 Å². The molecule has 0 fully saturated rings. The van der Waals surface area contributed by atoms with Crippen LogP contribution in [0.3, 0.4) is 0 Å². The van der Waals surface area contributed by atoms with E-state index in [0.29, 0.717) is 13.0 Å². The quantitative estimate of drug-likeness (QED) is 0.640. The molecule has 1 aromatic carbocycles. The molecule has 0 amide bonds. The molecule has 1 aromatic rings. The van der Waals surface area contributed by atoms with Crippen molar-refractivity contribution in [3.05, 3.63) is 28.2 Å². The molecular weight excluding hydrogens is 322 g/mol. The molecule has 0 spiro atoms. The summed E-state index contributed by atoms with van der Waals surface area (Å²) in [6, 6.07) is 6.02. The summed E-state index contributed by atoms with van der Waals surface area (Å²) in [5.41, 5.74) is 1.12. The molecule has 0 bridgehead atoms. The van der Waals surface area contributed by atoms with E-state index >= 15 is 0 Å². The summed E-state index contributed by atoms with van der Waals surface area (Å²) in [6.45, 7) is 4.65. The average Bonchev–Trinajstić information content (AvgIpc) is 2.43. The van der Waals surface area contributed by atoms with Crippen molar-refractivity contribution in [3.63, 3.8) is 0 Å². The summed E-state index contributed by atoms with van der Waals surface area (Å²) >= 11 is 3.48. The normalized spacial score (nSPS) is 12.4. The van der Waals surface area contributed by atoms with Crippen molar-refractivity contribution >= 4 is 15.9 Å². The van der Waals surface area contributed by atoms with Crippen LogP contribution in [-0.4, -0.2) is 38.1 Å². The van der Waals surface area contributed by atoms with E-state index in [1.807, 2.05) is 12.1 Å². The number of methoxy groups -OCH3 is 1. The third kappa shape index (κ3) is 6.70. The van der Waals surface area contributed by atoms with Crippen molar-refractivity contribution in [2.24, 2.45) is 0 Å². The fourth-order valence-corrected chi connectivity index (χ4v) is 2.21. The highest BCUT2D eigenvalue weighted by Crippen LogP contribution is 2.23. The molecule has 4 nitrogen and oxygen atoms in total. The van der Waals surface area contributed by atoms with E-state index in [1.54, 1.807) is 7.11 Å². The number of halogens is 1. The van der Waals surface area contributed by atoms with Gasteiger partial charge in [0.2, 0.25) is 0 Å². The molecule has 114 valence electrons. The SMILES string of the molecule is CCCOc1ccc(Br)cc1CNCCC(O)COC. The first-order chi connectivity index (χ1) is 9.67. The molecule has 1 rings (SSSR count). The van der Waals surface area contributed by atoms with E-state index in [2.05, 4.69) is 34.2 Å². The lowest BCUT2D eigenvalue weighted by atomic mass is 10.2. The monoisotopic (exact) mass is 345 g/mol. The van der Waals surface area contributed by atoms with Crippen molar-refractivity contribution in [3.8, 4) is 5.75 Å². The van der Waals surface area contributed by atoms with E-state index in [0.717, 1.165) is 41.9 Å². The third-order valence-electron chi connectivity index (χ3n) is 2.81. The van der Waals surface area contributed by atoms with Crippen LogP contribution in [-0.2, 0) is 11.3 Å². The average molecular weight is 346 g/mol. The van der Waals surface area contributed by atoms with Gasteiger partial charge in [-0.1, -0.05) is 22.9 Å². The summed E-state index contributed by atoms with van der Waals surface area (Å²) in [6.07, 6.45) is 1.25. The zero-order valence-electron chi connectivity index (χ0n) is 12.2. The predicted octanol–water partition coefficient (Wildman–Crippen LogP) is 2.72. The Balaban J connectivity index is 2.43. The van der Waals surface area contributed by atoms with Gasteiger partial charge in [-0.15, -0.1) is 0 Å². The molecule has 0 aromatic heterocycles. The number of rotatable bonds is 10. The molecule has 0 heterocycles. The van der Waals surface area contributed by atoms with Gasteiger partial charge < -0.3 is 19.9 Å². The number of benzene rings is 1. The summed E-state index contributed by atoms with van der Waals surface area (Å²) in [4.78, 5) is 0. The summed E-state index contributed by atoms with van der Waals surface area (Å²) < 4.78 is 11.7. The molecule has 2 N–H and O–H groups in total. The first kappa shape index (κ1) is 17.4. The number of hydrogen-bond donors (Lipinski definition) is 2. The number of ether oxygens (including phenoxy) is 2. The minimum absolute atomic E-state index is 0.378. The standard InChI is InChI=1S/C15H24BrNO3/c1-3-8-20-15-5-4-13(16)9-12(15)10-17-7-6-14(18)11-19-2/h4-5,9,14,17-18H,3,6-8,10-11H2,1-2H3. The molecular formula is C15H24BrNO3. The lowest BCUT2D eigenvalue weighted by molar-refractivity contribution is 0.0594. The van der Waals surface area contributed by atoms with Crippen LogP contribution >= 0.6 is 15.9 Å². The Kier molecular flexibility index (Phi) is 8.85. The second-order valence-corrected chi connectivity index (χ2v) is 5.59. The number of hydrogen-bond acceptors (Lipinski definition) is 4. The van der Waals surface area contributed by atoms with Gasteiger partial charge in [-0.3, -0.25) is 0 Å². The Morgan fingerprint density at radius 2 is 2.20 bits per heavy atom. The Morgan fingerprint density at radius 1 is 1.40 bits per heavy atom. The third-order valence-corrected chi connectivity index (χ3v) is 3.31. The zero-order chi connectivity index (χ0) is 14.8. The Labute approximate surface area is 129 Å². The number of aliphatic hydroxyl groups excluding tert-OH is 1. The first-order valence-corrected chi connectivity index (χ1v) is 7.75. The van der Waals surface area contributed by atoms with Crippen LogP contribution in [0.5, 0.6) is 5.75 Å². The molecule has 0 radical (unpaired) electrons. The van der Waals surface area contributed by atoms with E-state index in [-0.39, 0.29) is 0 Å². The molecule has 5 heteroatoms. The smallest absolute Gasteiger partial charge is 0.123 e. The lowest BCUT2D eigenvalue weighted by Crippen LogP contribution is -2.23. The maximum Gasteiger partial charge on any atom is 0.123 e. The van der Waals surface area contributed by atoms with Gasteiger partial charge in [0.05, 0.1) is 19.3 Å². The van der Waals surface area contributed by atoms with Crippen LogP contribution in [0, 0.1) is 0 Å². The first-order valence-electron chi connectivity index (χ1n) is 6.96. The van der Waals surface area contributed by atoms with Crippen LogP contribution in [0.25, 0.3) is 0 Å². The molecule has 1 atom stereocenters. The van der Waals surface area contributed by atoms with Crippen molar-refractivity contribution < 1.29 is 14.6 Å². The van der Waals surface area contributed by atoms with Crippen molar-refractivity contribution in [2.45, 2.75) is 32.4 Å². The van der Waals surface area contributed by atoms with Gasteiger partial charge in [-0.2, -0.15) is 0 Å². The van der Waals surface area contributed by atoms with Crippen LogP contribution in [0.2, 0.25) is 0 Å². The molecule has 0 saturated carbocycles. The number of aliphatic hydroxyl groups is 1. The van der Waals surface area contributed by atoms with Gasteiger partial charge in [-0.05, 0) is 37.6 Å². The maximum atomic E-state index is 9.56. The molecule has 1 unspecified atom stereocenters. The molecule has 0 aliphatic heterocycles. The largest absolute Gasteiger partial charge is 0.493 e. The maximum absolute atomic E-state index is 9.56. The van der Waals surface area contributed by atoms with Crippen molar-refractivity contribution in [1.82, 2.24) is 5.32 Å². The van der Waals surface area contributed by atoms with Crippen LogP contribution in [0.4, 0.5) is 0 Å². The Morgan fingerprint density at radius 3 is 2.90 bits per heavy atom. The predicted molar refractivity (Wildman–Crippen MR) is 84.1 cm³/mol. The van der Waals surface area contributed by atoms with E-state index in [1.165, 1.54) is 0 Å². The topological polar surface area (TPSA) is 50.7 Å². The van der Waals surface area contributed by atoms with Crippen molar-refractivity contribution in [2.75, 3.05) is 26.9 Å². The summed E-state index contributed by atoms with van der Waals surface area (Å²) in [5.74, 6) is 0.917. The van der Waals surface area contributed by atoms with Crippen LogP contribution in [0.15, 0.2) is 22.7 Å². The van der Waals surface area contributed by atoms with Crippen LogP contribution < -0.4 is 10.1 Å².